The molecule has 5 nitrogen and oxygen atoms in total. The maximum atomic E-state index is 13.8. The van der Waals surface area contributed by atoms with Gasteiger partial charge in [-0.1, -0.05) is 19.4 Å². The summed E-state index contributed by atoms with van der Waals surface area (Å²) in [5.41, 5.74) is 0.0125. The van der Waals surface area contributed by atoms with Gasteiger partial charge in [-0.05, 0) is 18.6 Å². The highest BCUT2D eigenvalue weighted by Crippen LogP contribution is 2.32. The number of halogens is 1. The second-order valence-corrected chi connectivity index (χ2v) is 6.31. The van der Waals surface area contributed by atoms with Crippen LogP contribution in [0.4, 0.5) is 10.1 Å². The third-order valence-corrected chi connectivity index (χ3v) is 4.68. The summed E-state index contributed by atoms with van der Waals surface area (Å²) in [5, 5.41) is 6.18. The first-order valence-electron chi connectivity index (χ1n) is 8.22. The monoisotopic (exact) mass is 319 g/mol. The molecule has 0 bridgehead atoms. The third kappa shape index (κ3) is 3.02. The number of likely N-dealkylation sites (tertiary alicyclic amines) is 1. The zero-order valence-electron chi connectivity index (χ0n) is 13.3. The number of fused-ring (bicyclic) bond motifs is 1. The van der Waals surface area contributed by atoms with Gasteiger partial charge in [-0.3, -0.25) is 9.59 Å². The maximum Gasteiger partial charge on any atom is 0.258 e. The standard InChI is InChI=1S/C17H22FN3O2/c1-2-3-7-14(22)21-10-8-17(9-11-21)19-13-6-4-5-12(18)15(13)16(23)20-17/h4-6,19H,2-3,7-11H2,1H3,(H,20,23). The molecule has 1 fully saturated rings. The Morgan fingerprint density at radius 2 is 2.04 bits per heavy atom. The Hall–Kier alpha value is -2.11. The van der Waals surface area contributed by atoms with Crippen molar-refractivity contribution in [3.63, 3.8) is 0 Å². The zero-order valence-corrected chi connectivity index (χ0v) is 13.3. The van der Waals surface area contributed by atoms with Crippen LogP contribution in [0.3, 0.4) is 0 Å². The number of carbonyl (C=O) groups is 2. The van der Waals surface area contributed by atoms with E-state index in [2.05, 4.69) is 17.6 Å². The fourth-order valence-electron chi connectivity index (χ4n) is 3.30. The highest BCUT2D eigenvalue weighted by Gasteiger charge is 2.41. The number of carbonyl (C=O) groups excluding carboxylic acids is 2. The summed E-state index contributed by atoms with van der Waals surface area (Å²) in [6.45, 7) is 3.26. The Kier molecular flexibility index (Phi) is 4.24. The van der Waals surface area contributed by atoms with E-state index < -0.39 is 11.5 Å². The van der Waals surface area contributed by atoms with E-state index in [-0.39, 0.29) is 17.4 Å². The number of anilines is 1. The van der Waals surface area contributed by atoms with E-state index in [1.54, 1.807) is 12.1 Å². The van der Waals surface area contributed by atoms with Crippen molar-refractivity contribution in [1.82, 2.24) is 10.2 Å². The quantitative estimate of drug-likeness (QED) is 0.900. The molecule has 2 aliphatic rings. The van der Waals surface area contributed by atoms with E-state index in [9.17, 15) is 14.0 Å². The first-order chi connectivity index (χ1) is 11.0. The lowest BCUT2D eigenvalue weighted by Gasteiger charge is -2.46. The molecular formula is C17H22FN3O2. The lowest BCUT2D eigenvalue weighted by atomic mass is 9.92. The lowest BCUT2D eigenvalue weighted by molar-refractivity contribution is -0.132. The minimum atomic E-state index is -0.584. The van der Waals surface area contributed by atoms with E-state index >= 15 is 0 Å². The minimum absolute atomic E-state index is 0.0691. The Labute approximate surface area is 135 Å². The molecule has 1 spiro atoms. The van der Waals surface area contributed by atoms with E-state index in [4.69, 9.17) is 0 Å². The van der Waals surface area contributed by atoms with E-state index in [0.717, 1.165) is 12.8 Å². The molecule has 0 unspecified atom stereocenters. The number of nitrogens with one attached hydrogen (secondary N) is 2. The molecule has 2 N–H and O–H groups in total. The van der Waals surface area contributed by atoms with Crippen LogP contribution in [0.1, 0.15) is 49.4 Å². The topological polar surface area (TPSA) is 61.4 Å². The molecule has 0 aliphatic carbocycles. The normalized spacial score (nSPS) is 19.0. The molecule has 2 aliphatic heterocycles. The first kappa shape index (κ1) is 15.8. The van der Waals surface area contributed by atoms with E-state index in [1.165, 1.54) is 6.07 Å². The average molecular weight is 319 g/mol. The summed E-state index contributed by atoms with van der Waals surface area (Å²) in [4.78, 5) is 26.2. The van der Waals surface area contributed by atoms with Crippen LogP contribution in [0.5, 0.6) is 0 Å². The van der Waals surface area contributed by atoms with Crippen LogP contribution in [0, 0.1) is 5.82 Å². The number of nitrogens with zero attached hydrogens (tertiary/aromatic N) is 1. The summed E-state index contributed by atoms with van der Waals surface area (Å²) in [5.74, 6) is -0.729. The lowest BCUT2D eigenvalue weighted by Crippen LogP contribution is -2.62. The molecule has 0 radical (unpaired) electrons. The molecule has 0 aromatic heterocycles. The van der Waals surface area contributed by atoms with Gasteiger partial charge in [-0.2, -0.15) is 0 Å². The summed E-state index contributed by atoms with van der Waals surface area (Å²) in [6.07, 6.45) is 3.72. The van der Waals surface area contributed by atoms with Crippen LogP contribution in [-0.4, -0.2) is 35.5 Å². The second-order valence-electron chi connectivity index (χ2n) is 6.31. The Morgan fingerprint density at radius 1 is 1.30 bits per heavy atom. The van der Waals surface area contributed by atoms with Crippen LogP contribution >= 0.6 is 0 Å². The van der Waals surface area contributed by atoms with Crippen LogP contribution < -0.4 is 10.6 Å². The first-order valence-corrected chi connectivity index (χ1v) is 8.22. The largest absolute Gasteiger partial charge is 0.362 e. The van der Waals surface area contributed by atoms with Gasteiger partial charge in [0.1, 0.15) is 11.5 Å². The number of benzene rings is 1. The van der Waals surface area contributed by atoms with Gasteiger partial charge >= 0.3 is 0 Å². The third-order valence-electron chi connectivity index (χ3n) is 4.68. The van der Waals surface area contributed by atoms with Gasteiger partial charge in [0.15, 0.2) is 0 Å². The number of hydrogen-bond acceptors (Lipinski definition) is 3. The molecule has 1 aromatic rings. The fourth-order valence-corrected chi connectivity index (χ4v) is 3.30. The smallest absolute Gasteiger partial charge is 0.258 e. The Morgan fingerprint density at radius 3 is 2.74 bits per heavy atom. The Balaban J connectivity index is 1.70. The van der Waals surface area contributed by atoms with E-state index in [0.29, 0.717) is 38.0 Å². The molecule has 0 saturated carbocycles. The second kappa shape index (κ2) is 6.18. The van der Waals surface area contributed by atoms with Crippen LogP contribution in [0.2, 0.25) is 0 Å². The van der Waals surface area contributed by atoms with Gasteiger partial charge in [0.2, 0.25) is 5.91 Å². The van der Waals surface area contributed by atoms with Crippen molar-refractivity contribution >= 4 is 17.5 Å². The number of amides is 2. The Bertz CT molecular complexity index is 624. The van der Waals surface area contributed by atoms with Gasteiger partial charge < -0.3 is 15.5 Å². The molecular weight excluding hydrogens is 297 g/mol. The van der Waals surface area contributed by atoms with Crippen molar-refractivity contribution in [1.29, 1.82) is 0 Å². The van der Waals surface area contributed by atoms with E-state index in [1.807, 2.05) is 4.90 Å². The molecule has 2 amide bonds. The molecule has 2 heterocycles. The minimum Gasteiger partial charge on any atom is -0.362 e. The summed E-state index contributed by atoms with van der Waals surface area (Å²) >= 11 is 0. The van der Waals surface area contributed by atoms with Crippen LogP contribution in [0.25, 0.3) is 0 Å². The highest BCUT2D eigenvalue weighted by molar-refractivity contribution is 6.02. The molecule has 3 rings (SSSR count). The maximum absolute atomic E-state index is 13.8. The number of piperidine rings is 1. The molecule has 1 aromatic carbocycles. The van der Waals surface area contributed by atoms with Crippen molar-refractivity contribution in [3.8, 4) is 0 Å². The summed E-state index contributed by atoms with van der Waals surface area (Å²) < 4.78 is 13.8. The van der Waals surface area contributed by atoms with Crippen molar-refractivity contribution in [2.45, 2.75) is 44.7 Å². The molecule has 0 atom stereocenters. The van der Waals surface area contributed by atoms with Crippen LogP contribution in [0.15, 0.2) is 18.2 Å². The van der Waals surface area contributed by atoms with Crippen molar-refractivity contribution in [3.05, 3.63) is 29.6 Å². The summed E-state index contributed by atoms with van der Waals surface area (Å²) in [7, 11) is 0. The summed E-state index contributed by atoms with van der Waals surface area (Å²) in [6, 6.07) is 4.60. The number of hydrogen-bond donors (Lipinski definition) is 2. The van der Waals surface area contributed by atoms with Gasteiger partial charge in [0.05, 0.1) is 11.3 Å². The number of rotatable bonds is 3. The van der Waals surface area contributed by atoms with Crippen molar-refractivity contribution in [2.24, 2.45) is 0 Å². The van der Waals surface area contributed by atoms with Crippen molar-refractivity contribution in [2.75, 3.05) is 18.4 Å². The zero-order chi connectivity index (χ0) is 16.4. The van der Waals surface area contributed by atoms with Crippen LogP contribution in [-0.2, 0) is 4.79 Å². The molecule has 6 heteroatoms. The molecule has 23 heavy (non-hydrogen) atoms. The molecule has 124 valence electrons. The SMILES string of the molecule is CCCCC(=O)N1CCC2(CC1)NC(=O)c1c(F)cccc1N2. The van der Waals surface area contributed by atoms with Gasteiger partial charge in [0, 0.05) is 32.4 Å². The number of unbranched alkanes of at least 4 members (excludes halogenated alkanes) is 1. The van der Waals surface area contributed by atoms with Crippen molar-refractivity contribution < 1.29 is 14.0 Å². The molecule has 1 saturated heterocycles. The van der Waals surface area contributed by atoms with Gasteiger partial charge in [-0.25, -0.2) is 4.39 Å². The van der Waals surface area contributed by atoms with Gasteiger partial charge in [-0.15, -0.1) is 0 Å². The predicted molar refractivity (Wildman–Crippen MR) is 85.6 cm³/mol. The predicted octanol–water partition coefficient (Wildman–Crippen LogP) is 2.49. The highest BCUT2D eigenvalue weighted by atomic mass is 19.1. The fraction of sp³-hybridized carbons (Fsp3) is 0.529. The average Bonchev–Trinajstić information content (AvgIpc) is 2.53. The van der Waals surface area contributed by atoms with Gasteiger partial charge in [0.25, 0.3) is 5.91 Å².